The first kappa shape index (κ1) is 16.6. The lowest BCUT2D eigenvalue weighted by Crippen LogP contribution is -2.14. The highest BCUT2D eigenvalue weighted by Gasteiger charge is 2.06. The largest absolute Gasteiger partial charge is 0.497 e. The number of carbonyl (C=O) groups is 1. The molecule has 20 heavy (non-hydrogen) atoms. The maximum absolute atomic E-state index is 10.6. The number of aliphatic hydroxyl groups excluding tert-OH is 2. The van der Waals surface area contributed by atoms with Crippen molar-refractivity contribution in [3.05, 3.63) is 35.4 Å². The van der Waals surface area contributed by atoms with E-state index in [-0.39, 0.29) is 6.61 Å². The second kappa shape index (κ2) is 8.63. The Bertz CT molecular complexity index is 473. The van der Waals surface area contributed by atoms with E-state index in [1.54, 1.807) is 19.2 Å². The number of ether oxygens (including phenoxy) is 1. The molecule has 0 spiro atoms. The van der Waals surface area contributed by atoms with Gasteiger partial charge in [0.05, 0.1) is 19.8 Å². The molecule has 1 rings (SSSR count). The monoisotopic (exact) mass is 298 g/mol. The van der Waals surface area contributed by atoms with Crippen LogP contribution in [0.2, 0.25) is 0 Å². The van der Waals surface area contributed by atoms with Crippen molar-refractivity contribution >= 4 is 23.8 Å². The van der Waals surface area contributed by atoms with Crippen LogP contribution in [0, 0.1) is 0 Å². The lowest BCUT2D eigenvalue weighted by molar-refractivity contribution is -0.131. The molecule has 0 amide bonds. The predicted molar refractivity (Wildman–Crippen MR) is 78.9 cm³/mol. The molecule has 0 saturated carbocycles. The molecule has 0 heterocycles. The molecule has 0 aromatic heterocycles. The summed E-state index contributed by atoms with van der Waals surface area (Å²) < 4.78 is 5.14. The zero-order valence-corrected chi connectivity index (χ0v) is 12.0. The van der Waals surface area contributed by atoms with E-state index in [0.29, 0.717) is 17.3 Å². The normalized spacial score (nSPS) is 12.6. The predicted octanol–water partition coefficient (Wildman–Crippen LogP) is 1.38. The van der Waals surface area contributed by atoms with Gasteiger partial charge in [0, 0.05) is 17.6 Å². The molecule has 1 aromatic rings. The standard InChI is InChI=1S/C14H18O5S/c1-19-13-4-2-10(3-5-14(17)18)11(6-13)8-20-9-12(16)7-15/h2-6,12,15-16H,7-9H2,1H3,(H,17,18). The molecule has 1 unspecified atom stereocenters. The number of hydrogen-bond acceptors (Lipinski definition) is 5. The van der Waals surface area contributed by atoms with E-state index in [0.717, 1.165) is 17.2 Å². The maximum atomic E-state index is 10.6. The SMILES string of the molecule is COc1ccc(C=CC(=O)O)c(CSCC(O)CO)c1. The number of carboxylic acids is 1. The fraction of sp³-hybridized carbons (Fsp3) is 0.357. The Labute approximate surface area is 121 Å². The Kier molecular flexibility index (Phi) is 7.14. The quantitative estimate of drug-likeness (QED) is 0.629. The van der Waals surface area contributed by atoms with Gasteiger partial charge in [-0.3, -0.25) is 0 Å². The van der Waals surface area contributed by atoms with Gasteiger partial charge in [0.1, 0.15) is 5.75 Å². The number of carboxylic acid groups (broad SMARTS) is 1. The van der Waals surface area contributed by atoms with Gasteiger partial charge in [0.25, 0.3) is 0 Å². The van der Waals surface area contributed by atoms with Crippen LogP contribution < -0.4 is 4.74 Å². The van der Waals surface area contributed by atoms with E-state index in [1.807, 2.05) is 6.07 Å². The van der Waals surface area contributed by atoms with Gasteiger partial charge in [0.2, 0.25) is 0 Å². The van der Waals surface area contributed by atoms with E-state index in [1.165, 1.54) is 17.8 Å². The number of aliphatic carboxylic acids is 1. The topological polar surface area (TPSA) is 87.0 Å². The third-order valence-corrected chi connectivity index (χ3v) is 3.67. The molecule has 3 N–H and O–H groups in total. The molecule has 0 radical (unpaired) electrons. The van der Waals surface area contributed by atoms with Crippen molar-refractivity contribution in [3.8, 4) is 5.75 Å². The van der Waals surface area contributed by atoms with Crippen LogP contribution in [0.1, 0.15) is 11.1 Å². The van der Waals surface area contributed by atoms with Crippen LogP contribution in [-0.4, -0.2) is 46.9 Å². The van der Waals surface area contributed by atoms with E-state index < -0.39 is 12.1 Å². The highest BCUT2D eigenvalue weighted by Crippen LogP contribution is 2.23. The summed E-state index contributed by atoms with van der Waals surface area (Å²) in [5, 5.41) is 26.7. The molecule has 0 aliphatic carbocycles. The zero-order valence-electron chi connectivity index (χ0n) is 11.2. The molecule has 0 aliphatic heterocycles. The fourth-order valence-corrected chi connectivity index (χ4v) is 2.48. The van der Waals surface area contributed by atoms with Crippen LogP contribution >= 0.6 is 11.8 Å². The van der Waals surface area contributed by atoms with Crippen LogP contribution in [-0.2, 0) is 10.5 Å². The number of benzene rings is 1. The number of rotatable bonds is 8. The van der Waals surface area contributed by atoms with Gasteiger partial charge in [-0.2, -0.15) is 11.8 Å². The third kappa shape index (κ3) is 5.64. The van der Waals surface area contributed by atoms with Crippen molar-refractivity contribution in [3.63, 3.8) is 0 Å². The van der Waals surface area contributed by atoms with Crippen LogP contribution in [0.4, 0.5) is 0 Å². The molecule has 0 saturated heterocycles. The Balaban J connectivity index is 2.80. The van der Waals surface area contributed by atoms with Crippen molar-refractivity contribution in [2.24, 2.45) is 0 Å². The van der Waals surface area contributed by atoms with Gasteiger partial charge in [-0.05, 0) is 29.3 Å². The average Bonchev–Trinajstić information content (AvgIpc) is 2.45. The second-order valence-corrected chi connectivity index (χ2v) is 5.12. The van der Waals surface area contributed by atoms with Gasteiger partial charge in [-0.15, -0.1) is 0 Å². The molecule has 0 aliphatic rings. The van der Waals surface area contributed by atoms with Gasteiger partial charge in [-0.1, -0.05) is 6.07 Å². The fourth-order valence-electron chi connectivity index (χ4n) is 1.52. The molecule has 110 valence electrons. The molecule has 0 bridgehead atoms. The zero-order chi connectivity index (χ0) is 15.0. The minimum absolute atomic E-state index is 0.267. The Morgan fingerprint density at radius 3 is 2.85 bits per heavy atom. The summed E-state index contributed by atoms with van der Waals surface area (Å²) in [6.45, 7) is -0.267. The van der Waals surface area contributed by atoms with E-state index >= 15 is 0 Å². The molecule has 1 aromatic carbocycles. The highest BCUT2D eigenvalue weighted by atomic mass is 32.2. The summed E-state index contributed by atoms with van der Waals surface area (Å²) in [6.07, 6.45) is 1.86. The van der Waals surface area contributed by atoms with Gasteiger partial charge in [-0.25, -0.2) is 4.79 Å². The third-order valence-electron chi connectivity index (χ3n) is 2.53. The van der Waals surface area contributed by atoms with Gasteiger partial charge in [0.15, 0.2) is 0 Å². The number of methoxy groups -OCH3 is 1. The van der Waals surface area contributed by atoms with Crippen LogP contribution in [0.15, 0.2) is 24.3 Å². The van der Waals surface area contributed by atoms with Crippen molar-refractivity contribution in [2.75, 3.05) is 19.5 Å². The van der Waals surface area contributed by atoms with Crippen molar-refractivity contribution in [1.29, 1.82) is 0 Å². The lowest BCUT2D eigenvalue weighted by Gasteiger charge is -2.10. The first-order valence-electron chi connectivity index (χ1n) is 6.01. The summed E-state index contributed by atoms with van der Waals surface area (Å²) in [6, 6.07) is 5.38. The first-order valence-corrected chi connectivity index (χ1v) is 7.17. The Morgan fingerprint density at radius 2 is 2.25 bits per heavy atom. The van der Waals surface area contributed by atoms with E-state index in [9.17, 15) is 9.90 Å². The molecule has 6 heteroatoms. The summed E-state index contributed by atoms with van der Waals surface area (Å²) >= 11 is 1.46. The summed E-state index contributed by atoms with van der Waals surface area (Å²) in [4.78, 5) is 10.6. The summed E-state index contributed by atoms with van der Waals surface area (Å²) in [5.74, 6) is 0.689. The Hall–Kier alpha value is -1.50. The lowest BCUT2D eigenvalue weighted by atomic mass is 10.1. The number of aliphatic hydroxyl groups is 2. The van der Waals surface area contributed by atoms with Crippen molar-refractivity contribution in [1.82, 2.24) is 0 Å². The molecule has 1 atom stereocenters. The first-order chi connectivity index (χ1) is 9.56. The van der Waals surface area contributed by atoms with Crippen molar-refractivity contribution in [2.45, 2.75) is 11.9 Å². The molecule has 0 fully saturated rings. The molecule has 5 nitrogen and oxygen atoms in total. The minimum Gasteiger partial charge on any atom is -0.497 e. The second-order valence-electron chi connectivity index (χ2n) is 4.09. The van der Waals surface area contributed by atoms with E-state index in [2.05, 4.69) is 0 Å². The maximum Gasteiger partial charge on any atom is 0.328 e. The van der Waals surface area contributed by atoms with Gasteiger partial charge >= 0.3 is 5.97 Å². The van der Waals surface area contributed by atoms with Crippen LogP contribution in [0.3, 0.4) is 0 Å². The van der Waals surface area contributed by atoms with Crippen LogP contribution in [0.25, 0.3) is 6.08 Å². The van der Waals surface area contributed by atoms with Gasteiger partial charge < -0.3 is 20.1 Å². The number of hydrogen-bond donors (Lipinski definition) is 3. The summed E-state index contributed by atoms with van der Waals surface area (Å²) in [7, 11) is 1.56. The smallest absolute Gasteiger partial charge is 0.328 e. The van der Waals surface area contributed by atoms with E-state index in [4.69, 9.17) is 14.9 Å². The minimum atomic E-state index is -1.00. The molecular weight excluding hydrogens is 280 g/mol. The Morgan fingerprint density at radius 1 is 1.50 bits per heavy atom. The number of thioether (sulfide) groups is 1. The van der Waals surface area contributed by atoms with Crippen LogP contribution in [0.5, 0.6) is 5.75 Å². The van der Waals surface area contributed by atoms with Crippen molar-refractivity contribution < 1.29 is 24.9 Å². The summed E-state index contributed by atoms with van der Waals surface area (Å²) in [5.41, 5.74) is 1.70. The average molecular weight is 298 g/mol. The molecular formula is C14H18O5S. The highest BCUT2D eigenvalue weighted by molar-refractivity contribution is 7.98.